The molecule has 0 bridgehead atoms. The fourth-order valence-electron chi connectivity index (χ4n) is 1.76. The summed E-state index contributed by atoms with van der Waals surface area (Å²) in [6.07, 6.45) is -5.46. The lowest BCUT2D eigenvalue weighted by Crippen LogP contribution is -2.30. The zero-order valence-electron chi connectivity index (χ0n) is 11.5. The third-order valence-electron chi connectivity index (χ3n) is 2.56. The lowest BCUT2D eigenvalue weighted by Gasteiger charge is -2.19. The second-order valence-electron chi connectivity index (χ2n) is 4.56. The van der Waals surface area contributed by atoms with Gasteiger partial charge in [-0.05, 0) is 25.0 Å². The SMILES string of the molecule is CCOC(C(=O)c1cccc(OC(F)(F)F)c1)C(C)C. The summed E-state index contributed by atoms with van der Waals surface area (Å²) in [5, 5.41) is 0. The smallest absolute Gasteiger partial charge is 0.406 e. The summed E-state index contributed by atoms with van der Waals surface area (Å²) >= 11 is 0. The Balaban J connectivity index is 2.95. The summed E-state index contributed by atoms with van der Waals surface area (Å²) in [6.45, 7) is 5.74. The van der Waals surface area contributed by atoms with Crippen LogP contribution in [-0.2, 0) is 4.74 Å². The topological polar surface area (TPSA) is 35.5 Å². The number of ether oxygens (including phenoxy) is 2. The molecule has 6 heteroatoms. The van der Waals surface area contributed by atoms with Crippen molar-refractivity contribution in [3.05, 3.63) is 29.8 Å². The van der Waals surface area contributed by atoms with E-state index in [9.17, 15) is 18.0 Å². The Kier molecular flexibility index (Phi) is 5.56. The normalized spacial score (nSPS) is 13.3. The van der Waals surface area contributed by atoms with Crippen molar-refractivity contribution >= 4 is 5.78 Å². The minimum Gasteiger partial charge on any atom is -0.406 e. The number of benzene rings is 1. The zero-order valence-corrected chi connectivity index (χ0v) is 11.5. The predicted octanol–water partition coefficient (Wildman–Crippen LogP) is 3.83. The quantitative estimate of drug-likeness (QED) is 0.747. The van der Waals surface area contributed by atoms with E-state index in [2.05, 4.69) is 4.74 Å². The molecule has 0 N–H and O–H groups in total. The van der Waals surface area contributed by atoms with Crippen molar-refractivity contribution in [1.29, 1.82) is 0 Å². The van der Waals surface area contributed by atoms with Gasteiger partial charge in [-0.2, -0.15) is 0 Å². The number of halogens is 3. The van der Waals surface area contributed by atoms with Crippen LogP contribution < -0.4 is 4.74 Å². The predicted molar refractivity (Wildman–Crippen MR) is 67.7 cm³/mol. The van der Waals surface area contributed by atoms with E-state index in [0.717, 1.165) is 12.1 Å². The molecule has 0 aliphatic rings. The summed E-state index contributed by atoms with van der Waals surface area (Å²) in [6, 6.07) is 5.01. The number of hydrogen-bond donors (Lipinski definition) is 0. The lowest BCUT2D eigenvalue weighted by molar-refractivity contribution is -0.274. The number of Topliss-reactive ketones (excluding diaryl/α,β-unsaturated/α-hetero) is 1. The second-order valence-corrected chi connectivity index (χ2v) is 4.56. The fourth-order valence-corrected chi connectivity index (χ4v) is 1.76. The second kappa shape index (κ2) is 6.74. The van der Waals surface area contributed by atoms with Gasteiger partial charge in [0, 0.05) is 12.2 Å². The van der Waals surface area contributed by atoms with Crippen molar-refractivity contribution < 1.29 is 27.4 Å². The van der Waals surface area contributed by atoms with Crippen LogP contribution in [-0.4, -0.2) is 24.9 Å². The molecule has 3 nitrogen and oxygen atoms in total. The Morgan fingerprint density at radius 3 is 2.45 bits per heavy atom. The van der Waals surface area contributed by atoms with Crippen LogP contribution in [0.2, 0.25) is 0 Å². The number of ketones is 1. The summed E-state index contributed by atoms with van der Waals surface area (Å²) in [4.78, 5) is 12.2. The first-order valence-electron chi connectivity index (χ1n) is 6.26. The first-order chi connectivity index (χ1) is 9.24. The largest absolute Gasteiger partial charge is 0.573 e. The van der Waals surface area contributed by atoms with Crippen LogP contribution >= 0.6 is 0 Å². The van der Waals surface area contributed by atoms with Crippen LogP contribution in [0.15, 0.2) is 24.3 Å². The summed E-state index contributed by atoms with van der Waals surface area (Å²) in [5.41, 5.74) is 0.138. The molecule has 1 atom stereocenters. The Hall–Kier alpha value is -1.56. The highest BCUT2D eigenvalue weighted by molar-refractivity contribution is 6.00. The van der Waals surface area contributed by atoms with E-state index in [1.54, 1.807) is 6.92 Å². The number of carbonyl (C=O) groups is 1. The molecular weight excluding hydrogens is 273 g/mol. The summed E-state index contributed by atoms with van der Waals surface area (Å²) in [5.74, 6) is -0.841. The summed E-state index contributed by atoms with van der Waals surface area (Å²) in [7, 11) is 0. The molecule has 1 unspecified atom stereocenters. The molecule has 0 spiro atoms. The van der Waals surface area contributed by atoms with Crippen LogP contribution in [0.25, 0.3) is 0 Å². The highest BCUT2D eigenvalue weighted by atomic mass is 19.4. The molecule has 20 heavy (non-hydrogen) atoms. The van der Waals surface area contributed by atoms with Crippen molar-refractivity contribution in [3.8, 4) is 5.75 Å². The van der Waals surface area contributed by atoms with Crippen LogP contribution in [0.5, 0.6) is 5.75 Å². The van der Waals surface area contributed by atoms with Crippen LogP contribution in [0, 0.1) is 5.92 Å². The first-order valence-corrected chi connectivity index (χ1v) is 6.26. The molecule has 0 amide bonds. The zero-order chi connectivity index (χ0) is 15.3. The maximum Gasteiger partial charge on any atom is 0.573 e. The van der Waals surface area contributed by atoms with Gasteiger partial charge in [0.15, 0.2) is 5.78 Å². The minimum atomic E-state index is -4.78. The molecule has 0 saturated carbocycles. The van der Waals surface area contributed by atoms with Gasteiger partial charge in [0.05, 0.1) is 0 Å². The third-order valence-corrected chi connectivity index (χ3v) is 2.56. The first kappa shape index (κ1) is 16.5. The van der Waals surface area contributed by atoms with Gasteiger partial charge in [0.25, 0.3) is 0 Å². The van der Waals surface area contributed by atoms with Crippen LogP contribution in [0.4, 0.5) is 13.2 Å². The van der Waals surface area contributed by atoms with Gasteiger partial charge < -0.3 is 9.47 Å². The molecule has 112 valence electrons. The van der Waals surface area contributed by atoms with Gasteiger partial charge in [-0.15, -0.1) is 13.2 Å². The van der Waals surface area contributed by atoms with Crippen molar-refractivity contribution in [3.63, 3.8) is 0 Å². The Morgan fingerprint density at radius 2 is 1.95 bits per heavy atom. The Bertz CT molecular complexity index is 455. The average molecular weight is 290 g/mol. The van der Waals surface area contributed by atoms with Crippen molar-refractivity contribution in [2.75, 3.05) is 6.61 Å². The molecule has 0 aromatic heterocycles. The van der Waals surface area contributed by atoms with Gasteiger partial charge in [-0.1, -0.05) is 26.0 Å². The van der Waals surface area contributed by atoms with Crippen molar-refractivity contribution in [2.24, 2.45) is 5.92 Å². The van der Waals surface area contributed by atoms with Gasteiger partial charge in [-0.3, -0.25) is 4.79 Å². The monoisotopic (exact) mass is 290 g/mol. The maximum atomic E-state index is 12.2. The van der Waals surface area contributed by atoms with Gasteiger partial charge in [0.1, 0.15) is 11.9 Å². The van der Waals surface area contributed by atoms with E-state index >= 15 is 0 Å². The number of alkyl halides is 3. The molecule has 0 heterocycles. The average Bonchev–Trinajstić information content (AvgIpc) is 2.33. The fraction of sp³-hybridized carbons (Fsp3) is 0.500. The molecule has 0 saturated heterocycles. The molecule has 0 radical (unpaired) electrons. The molecular formula is C14H17F3O3. The van der Waals surface area contributed by atoms with Crippen LogP contribution in [0.3, 0.4) is 0 Å². The maximum absolute atomic E-state index is 12.2. The minimum absolute atomic E-state index is 0.0744. The van der Waals surface area contributed by atoms with Crippen LogP contribution in [0.1, 0.15) is 31.1 Å². The Labute approximate surface area is 115 Å². The van der Waals surface area contributed by atoms with E-state index in [0.29, 0.717) is 6.61 Å². The number of carbonyl (C=O) groups excluding carboxylic acids is 1. The van der Waals surface area contributed by atoms with E-state index in [4.69, 9.17) is 4.74 Å². The standard InChI is InChI=1S/C14H17F3O3/c1-4-19-13(9(2)3)12(18)10-6-5-7-11(8-10)20-14(15,16)17/h5-9,13H,4H2,1-3H3. The van der Waals surface area contributed by atoms with Gasteiger partial charge in [0.2, 0.25) is 0 Å². The highest BCUT2D eigenvalue weighted by Gasteiger charge is 2.31. The number of rotatable bonds is 6. The van der Waals surface area contributed by atoms with E-state index in [1.165, 1.54) is 12.1 Å². The molecule has 0 aliphatic heterocycles. The molecule has 1 rings (SSSR count). The van der Waals surface area contributed by atoms with Gasteiger partial charge in [-0.25, -0.2) is 0 Å². The summed E-state index contributed by atoms with van der Waals surface area (Å²) < 4.78 is 45.6. The number of hydrogen-bond acceptors (Lipinski definition) is 3. The Morgan fingerprint density at radius 1 is 1.30 bits per heavy atom. The molecule has 1 aromatic rings. The highest BCUT2D eigenvalue weighted by Crippen LogP contribution is 2.24. The van der Waals surface area contributed by atoms with E-state index in [1.807, 2.05) is 13.8 Å². The van der Waals surface area contributed by atoms with Crippen molar-refractivity contribution in [2.45, 2.75) is 33.2 Å². The molecule has 0 fully saturated rings. The molecule has 1 aromatic carbocycles. The van der Waals surface area contributed by atoms with Crippen molar-refractivity contribution in [1.82, 2.24) is 0 Å². The molecule has 0 aliphatic carbocycles. The lowest BCUT2D eigenvalue weighted by atomic mass is 9.97. The van der Waals surface area contributed by atoms with E-state index in [-0.39, 0.29) is 17.3 Å². The van der Waals surface area contributed by atoms with Gasteiger partial charge >= 0.3 is 6.36 Å². The van der Waals surface area contributed by atoms with E-state index < -0.39 is 18.2 Å². The third kappa shape index (κ3) is 4.85.